The number of carboxylic acid groups (broad SMARTS) is 1. The molecule has 0 saturated heterocycles. The van der Waals surface area contributed by atoms with Crippen LogP contribution in [0.4, 0.5) is 0 Å². The zero-order valence-electron chi connectivity index (χ0n) is 11.8. The molecule has 0 bridgehead atoms. The van der Waals surface area contributed by atoms with Crippen molar-refractivity contribution in [3.05, 3.63) is 0 Å². The van der Waals surface area contributed by atoms with Crippen LogP contribution in [0.1, 0.15) is 13.3 Å². The molecule has 6 heteroatoms. The van der Waals surface area contributed by atoms with Crippen LogP contribution in [0.25, 0.3) is 0 Å². The van der Waals surface area contributed by atoms with Gasteiger partial charge in [-0.1, -0.05) is 0 Å². The second-order valence-electron chi connectivity index (χ2n) is 4.30. The zero-order chi connectivity index (χ0) is 14.0. The van der Waals surface area contributed by atoms with Gasteiger partial charge in [0.25, 0.3) is 0 Å². The molecule has 0 aliphatic rings. The Hall–Kier alpha value is -0.690. The van der Waals surface area contributed by atoms with Gasteiger partial charge in [0.15, 0.2) is 0 Å². The molecule has 2 atom stereocenters. The lowest BCUT2D eigenvalue weighted by atomic mass is 10.2. The number of aliphatic carboxylic acids is 1. The lowest BCUT2D eigenvalue weighted by Gasteiger charge is -2.29. The van der Waals surface area contributed by atoms with Crippen LogP contribution < -0.4 is 5.32 Å². The topological polar surface area (TPSA) is 71.0 Å². The van der Waals surface area contributed by atoms with Crippen molar-refractivity contribution < 1.29 is 19.4 Å². The number of hydrogen-bond donors (Lipinski definition) is 2. The van der Waals surface area contributed by atoms with Crippen molar-refractivity contribution >= 4 is 5.97 Å². The molecular formula is C12H26N2O4. The molecule has 18 heavy (non-hydrogen) atoms. The largest absolute Gasteiger partial charge is 0.480 e. The zero-order valence-corrected chi connectivity index (χ0v) is 11.8. The number of ether oxygens (including phenoxy) is 2. The number of methoxy groups -OCH3 is 2. The fourth-order valence-electron chi connectivity index (χ4n) is 1.79. The smallest absolute Gasteiger partial charge is 0.320 e. The van der Waals surface area contributed by atoms with E-state index in [4.69, 9.17) is 14.6 Å². The lowest BCUT2D eigenvalue weighted by Crippen LogP contribution is -2.43. The van der Waals surface area contributed by atoms with Crippen molar-refractivity contribution in [1.29, 1.82) is 0 Å². The molecule has 0 rings (SSSR count). The van der Waals surface area contributed by atoms with Gasteiger partial charge in [0.05, 0.1) is 13.2 Å². The number of hydrogen-bond acceptors (Lipinski definition) is 5. The predicted molar refractivity (Wildman–Crippen MR) is 69.9 cm³/mol. The highest BCUT2D eigenvalue weighted by molar-refractivity contribution is 5.73. The second-order valence-corrected chi connectivity index (χ2v) is 4.30. The van der Waals surface area contributed by atoms with E-state index in [2.05, 4.69) is 17.1 Å². The van der Waals surface area contributed by atoms with E-state index in [1.807, 2.05) is 0 Å². The van der Waals surface area contributed by atoms with Gasteiger partial charge in [-0.25, -0.2) is 0 Å². The molecule has 6 nitrogen and oxygen atoms in total. The van der Waals surface area contributed by atoms with Crippen LogP contribution in [0.15, 0.2) is 0 Å². The van der Waals surface area contributed by atoms with Crippen LogP contribution >= 0.6 is 0 Å². The summed E-state index contributed by atoms with van der Waals surface area (Å²) in [5, 5.41) is 11.8. The minimum absolute atomic E-state index is 0.247. The molecule has 0 spiro atoms. The molecule has 0 aliphatic carbocycles. The van der Waals surface area contributed by atoms with Crippen LogP contribution in [0.2, 0.25) is 0 Å². The summed E-state index contributed by atoms with van der Waals surface area (Å²) in [5.74, 6) is -0.816. The Morgan fingerprint density at radius 1 is 1.33 bits per heavy atom. The number of likely N-dealkylation sites (N-methyl/N-ethyl adjacent to an activating group) is 1. The second kappa shape index (κ2) is 10.3. The summed E-state index contributed by atoms with van der Waals surface area (Å²) in [6.45, 7) is 4.80. The molecule has 2 unspecified atom stereocenters. The molecular weight excluding hydrogens is 236 g/mol. The Morgan fingerprint density at radius 2 is 2.00 bits per heavy atom. The minimum Gasteiger partial charge on any atom is -0.480 e. The van der Waals surface area contributed by atoms with Gasteiger partial charge in [-0.15, -0.1) is 0 Å². The van der Waals surface area contributed by atoms with Crippen molar-refractivity contribution in [3.8, 4) is 0 Å². The summed E-state index contributed by atoms with van der Waals surface area (Å²) < 4.78 is 10.2. The van der Waals surface area contributed by atoms with E-state index in [-0.39, 0.29) is 6.04 Å². The summed E-state index contributed by atoms with van der Waals surface area (Å²) in [6, 6.07) is -0.263. The molecule has 0 amide bonds. The molecule has 2 N–H and O–H groups in total. The highest BCUT2D eigenvalue weighted by Gasteiger charge is 2.19. The Labute approximate surface area is 109 Å². The third-order valence-corrected chi connectivity index (χ3v) is 2.97. The van der Waals surface area contributed by atoms with Crippen LogP contribution in [-0.2, 0) is 14.3 Å². The molecule has 0 aromatic heterocycles. The Kier molecular flexibility index (Phi) is 9.86. The van der Waals surface area contributed by atoms with Gasteiger partial charge < -0.3 is 19.9 Å². The normalized spacial score (nSPS) is 14.7. The Balaban J connectivity index is 4.25. The van der Waals surface area contributed by atoms with Gasteiger partial charge >= 0.3 is 5.97 Å². The minimum atomic E-state index is -0.816. The average molecular weight is 262 g/mol. The quantitative estimate of drug-likeness (QED) is 0.547. The third kappa shape index (κ3) is 6.90. The molecule has 0 aromatic carbocycles. The first kappa shape index (κ1) is 17.3. The standard InChI is InChI=1S/C12H26N2O4/c1-10(9-18-4)14(7-8-17-3)6-5-11(13-2)12(15)16/h10-11,13H,5-9H2,1-4H3,(H,15,16). The summed E-state index contributed by atoms with van der Waals surface area (Å²) >= 11 is 0. The van der Waals surface area contributed by atoms with Crippen molar-refractivity contribution in [2.45, 2.75) is 25.4 Å². The monoisotopic (exact) mass is 262 g/mol. The average Bonchev–Trinajstić information content (AvgIpc) is 2.33. The highest BCUT2D eigenvalue weighted by atomic mass is 16.5. The number of nitrogens with one attached hydrogen (secondary N) is 1. The number of rotatable bonds is 11. The molecule has 0 saturated carbocycles. The van der Waals surface area contributed by atoms with Crippen LogP contribution in [-0.4, -0.2) is 75.6 Å². The summed E-state index contributed by atoms with van der Waals surface area (Å²) in [4.78, 5) is 13.1. The van der Waals surface area contributed by atoms with E-state index in [1.165, 1.54) is 0 Å². The first-order chi connectivity index (χ1) is 8.56. The third-order valence-electron chi connectivity index (χ3n) is 2.97. The molecule has 0 aliphatic heterocycles. The van der Waals surface area contributed by atoms with Gasteiger partial charge in [0.1, 0.15) is 6.04 Å². The fourth-order valence-corrected chi connectivity index (χ4v) is 1.79. The van der Waals surface area contributed by atoms with Gasteiger partial charge in [0.2, 0.25) is 0 Å². The molecule has 0 radical (unpaired) electrons. The predicted octanol–water partition coefficient (Wildman–Crippen LogP) is 0.0324. The fraction of sp³-hybridized carbons (Fsp3) is 0.917. The first-order valence-electron chi connectivity index (χ1n) is 6.18. The van der Waals surface area contributed by atoms with Crippen LogP contribution in [0.5, 0.6) is 0 Å². The maximum absolute atomic E-state index is 10.9. The number of nitrogens with zero attached hydrogens (tertiary/aromatic N) is 1. The molecule has 108 valence electrons. The Morgan fingerprint density at radius 3 is 2.44 bits per heavy atom. The first-order valence-corrected chi connectivity index (χ1v) is 6.18. The Bertz CT molecular complexity index is 226. The van der Waals surface area contributed by atoms with Crippen molar-refractivity contribution in [2.75, 3.05) is 47.6 Å². The van der Waals surface area contributed by atoms with Crippen LogP contribution in [0, 0.1) is 0 Å². The van der Waals surface area contributed by atoms with Gasteiger partial charge in [-0.05, 0) is 20.4 Å². The van der Waals surface area contributed by atoms with Crippen molar-refractivity contribution in [2.24, 2.45) is 0 Å². The van der Waals surface area contributed by atoms with E-state index in [0.717, 1.165) is 6.54 Å². The summed E-state index contributed by atoms with van der Waals surface area (Å²) in [5.41, 5.74) is 0. The van der Waals surface area contributed by atoms with E-state index >= 15 is 0 Å². The van der Waals surface area contributed by atoms with E-state index < -0.39 is 12.0 Å². The molecule has 0 aromatic rings. The van der Waals surface area contributed by atoms with E-state index in [0.29, 0.717) is 26.2 Å². The maximum atomic E-state index is 10.9. The number of carbonyl (C=O) groups is 1. The molecule has 0 heterocycles. The van der Waals surface area contributed by atoms with Crippen molar-refractivity contribution in [1.82, 2.24) is 10.2 Å². The van der Waals surface area contributed by atoms with E-state index in [1.54, 1.807) is 21.3 Å². The molecule has 0 fully saturated rings. The summed E-state index contributed by atoms with van der Waals surface area (Å²) in [7, 11) is 4.99. The van der Waals surface area contributed by atoms with Gasteiger partial charge in [-0.2, -0.15) is 0 Å². The van der Waals surface area contributed by atoms with Gasteiger partial charge in [0, 0.05) is 33.4 Å². The maximum Gasteiger partial charge on any atom is 0.320 e. The van der Waals surface area contributed by atoms with Crippen molar-refractivity contribution in [3.63, 3.8) is 0 Å². The van der Waals surface area contributed by atoms with Crippen LogP contribution in [0.3, 0.4) is 0 Å². The summed E-state index contributed by atoms with van der Waals surface area (Å²) in [6.07, 6.45) is 0.559. The number of carboxylic acids is 1. The lowest BCUT2D eigenvalue weighted by molar-refractivity contribution is -0.139. The SMILES string of the molecule is CNC(CCN(CCOC)C(C)COC)C(=O)O. The highest BCUT2D eigenvalue weighted by Crippen LogP contribution is 2.03. The van der Waals surface area contributed by atoms with E-state index in [9.17, 15) is 4.79 Å². The van der Waals surface area contributed by atoms with Gasteiger partial charge in [-0.3, -0.25) is 9.69 Å².